The largest absolute Gasteiger partial charge is 0.316 e. The van der Waals surface area contributed by atoms with Crippen molar-refractivity contribution in [2.24, 2.45) is 0 Å². The van der Waals surface area contributed by atoms with Crippen LogP contribution in [0.3, 0.4) is 0 Å². The van der Waals surface area contributed by atoms with E-state index in [2.05, 4.69) is 14.9 Å². The number of nitrogens with one attached hydrogen (secondary N) is 2. The lowest BCUT2D eigenvalue weighted by molar-refractivity contribution is -0.385. The zero-order chi connectivity index (χ0) is 16.4. The van der Waals surface area contributed by atoms with Gasteiger partial charge < -0.3 is 9.97 Å². The second-order valence-corrected chi connectivity index (χ2v) is 5.88. The first kappa shape index (κ1) is 15.4. The van der Waals surface area contributed by atoms with E-state index < -0.39 is 16.0 Å². The molecule has 2 N–H and O–H groups in total. The Bertz CT molecular complexity index is 847. The van der Waals surface area contributed by atoms with Gasteiger partial charge in [-0.1, -0.05) is 12.8 Å². The molecular formula is C15H18N4O4. The smallest absolute Gasteiger partial charge is 0.314 e. The molecule has 1 aliphatic heterocycles. The van der Waals surface area contributed by atoms with Crippen LogP contribution in [0.15, 0.2) is 21.7 Å². The summed E-state index contributed by atoms with van der Waals surface area (Å²) >= 11 is 0. The van der Waals surface area contributed by atoms with Gasteiger partial charge in [-0.15, -0.1) is 0 Å². The average Bonchev–Trinajstić information content (AvgIpc) is 2.77. The van der Waals surface area contributed by atoms with E-state index >= 15 is 0 Å². The number of benzene rings is 1. The SMILES string of the molecule is O=c1[nH]c2cc(CN3CCCCCC3)c([N+](=O)[O-])cc2[nH]c1=O. The third kappa shape index (κ3) is 3.31. The molecule has 1 aromatic heterocycles. The zero-order valence-electron chi connectivity index (χ0n) is 12.6. The first-order chi connectivity index (χ1) is 11.0. The Morgan fingerprint density at radius 1 is 1.00 bits per heavy atom. The highest BCUT2D eigenvalue weighted by atomic mass is 16.6. The van der Waals surface area contributed by atoms with Crippen molar-refractivity contribution in [2.45, 2.75) is 32.2 Å². The van der Waals surface area contributed by atoms with Gasteiger partial charge in [-0.25, -0.2) is 0 Å². The molecule has 1 aromatic carbocycles. The number of likely N-dealkylation sites (tertiary alicyclic amines) is 1. The fourth-order valence-electron chi connectivity index (χ4n) is 3.03. The van der Waals surface area contributed by atoms with Crippen LogP contribution in [0.1, 0.15) is 31.2 Å². The van der Waals surface area contributed by atoms with Crippen molar-refractivity contribution in [3.05, 3.63) is 48.5 Å². The molecule has 0 radical (unpaired) electrons. The molecule has 8 heteroatoms. The van der Waals surface area contributed by atoms with Crippen LogP contribution in [-0.4, -0.2) is 32.9 Å². The van der Waals surface area contributed by atoms with E-state index in [9.17, 15) is 19.7 Å². The maximum Gasteiger partial charge on any atom is 0.314 e. The normalized spacial score (nSPS) is 16.3. The summed E-state index contributed by atoms with van der Waals surface area (Å²) in [5.74, 6) is 0. The summed E-state index contributed by atoms with van der Waals surface area (Å²) in [6.45, 7) is 2.29. The number of H-pyrrole nitrogens is 2. The van der Waals surface area contributed by atoms with Crippen molar-refractivity contribution in [3.63, 3.8) is 0 Å². The van der Waals surface area contributed by atoms with E-state index in [1.807, 2.05) is 0 Å². The van der Waals surface area contributed by atoms with Crippen LogP contribution in [0.2, 0.25) is 0 Å². The molecule has 3 rings (SSSR count). The van der Waals surface area contributed by atoms with Gasteiger partial charge in [0.1, 0.15) is 0 Å². The highest BCUT2D eigenvalue weighted by Crippen LogP contribution is 2.25. The number of hydrogen-bond acceptors (Lipinski definition) is 5. The monoisotopic (exact) mass is 318 g/mol. The summed E-state index contributed by atoms with van der Waals surface area (Å²) in [7, 11) is 0. The predicted molar refractivity (Wildman–Crippen MR) is 85.6 cm³/mol. The lowest BCUT2D eigenvalue weighted by atomic mass is 10.1. The Kier molecular flexibility index (Phi) is 4.24. The Labute approximate surface area is 131 Å². The van der Waals surface area contributed by atoms with Crippen LogP contribution in [0.4, 0.5) is 5.69 Å². The molecule has 2 heterocycles. The van der Waals surface area contributed by atoms with E-state index in [1.54, 1.807) is 6.07 Å². The zero-order valence-corrected chi connectivity index (χ0v) is 12.6. The molecule has 0 unspecified atom stereocenters. The van der Waals surface area contributed by atoms with Gasteiger partial charge in [0.2, 0.25) is 0 Å². The topological polar surface area (TPSA) is 112 Å². The number of rotatable bonds is 3. The van der Waals surface area contributed by atoms with Gasteiger partial charge in [0.05, 0.1) is 16.0 Å². The molecule has 0 atom stereocenters. The first-order valence-corrected chi connectivity index (χ1v) is 7.70. The number of aromatic amines is 2. The maximum atomic E-state index is 11.5. The lowest BCUT2D eigenvalue weighted by Gasteiger charge is -2.19. The van der Waals surface area contributed by atoms with E-state index in [4.69, 9.17) is 0 Å². The van der Waals surface area contributed by atoms with E-state index in [-0.39, 0.29) is 11.2 Å². The van der Waals surface area contributed by atoms with Crippen molar-refractivity contribution in [2.75, 3.05) is 13.1 Å². The molecule has 23 heavy (non-hydrogen) atoms. The highest BCUT2D eigenvalue weighted by molar-refractivity contribution is 5.78. The van der Waals surface area contributed by atoms with Gasteiger partial charge in [0.25, 0.3) is 5.69 Å². The molecule has 1 aliphatic rings. The number of aromatic nitrogens is 2. The summed E-state index contributed by atoms with van der Waals surface area (Å²) in [6.07, 6.45) is 4.55. The van der Waals surface area contributed by atoms with Gasteiger partial charge >= 0.3 is 11.1 Å². The minimum absolute atomic E-state index is 0.0376. The summed E-state index contributed by atoms with van der Waals surface area (Å²) in [5, 5.41) is 11.3. The van der Waals surface area contributed by atoms with E-state index in [0.29, 0.717) is 17.6 Å². The quantitative estimate of drug-likeness (QED) is 0.506. The van der Waals surface area contributed by atoms with Gasteiger partial charge in [-0.3, -0.25) is 24.6 Å². The third-order valence-electron chi connectivity index (χ3n) is 4.21. The van der Waals surface area contributed by atoms with Crippen LogP contribution in [-0.2, 0) is 6.54 Å². The standard InChI is InChI=1S/C15H18N4O4/c20-14-15(21)17-12-8-13(19(22)23)10(7-11(12)16-14)9-18-5-3-1-2-4-6-18/h7-8H,1-6,9H2,(H,16,20)(H,17,21). The molecular weight excluding hydrogens is 300 g/mol. The lowest BCUT2D eigenvalue weighted by Crippen LogP contribution is -2.29. The Hall–Kier alpha value is -2.48. The van der Waals surface area contributed by atoms with Gasteiger partial charge in [-0.2, -0.15) is 0 Å². The number of hydrogen-bond donors (Lipinski definition) is 2. The van der Waals surface area contributed by atoms with Gasteiger partial charge in [0, 0.05) is 18.2 Å². The molecule has 1 fully saturated rings. The second kappa shape index (κ2) is 6.33. The highest BCUT2D eigenvalue weighted by Gasteiger charge is 2.19. The van der Waals surface area contributed by atoms with Crippen molar-refractivity contribution in [1.82, 2.24) is 14.9 Å². The number of nitro groups is 1. The molecule has 0 saturated carbocycles. The van der Waals surface area contributed by atoms with Gasteiger partial charge in [0.15, 0.2) is 0 Å². The fraction of sp³-hybridized carbons (Fsp3) is 0.467. The molecule has 122 valence electrons. The number of fused-ring (bicyclic) bond motifs is 1. The van der Waals surface area contributed by atoms with Crippen molar-refractivity contribution in [3.8, 4) is 0 Å². The van der Waals surface area contributed by atoms with Crippen LogP contribution in [0.25, 0.3) is 11.0 Å². The minimum atomic E-state index is -0.813. The molecule has 2 aromatic rings. The number of nitro benzene ring substituents is 1. The minimum Gasteiger partial charge on any atom is -0.316 e. The fourth-order valence-corrected chi connectivity index (χ4v) is 3.03. The van der Waals surface area contributed by atoms with Crippen LogP contribution >= 0.6 is 0 Å². The second-order valence-electron chi connectivity index (χ2n) is 5.88. The van der Waals surface area contributed by atoms with Gasteiger partial charge in [-0.05, 0) is 32.0 Å². The Morgan fingerprint density at radius 3 is 2.13 bits per heavy atom. The third-order valence-corrected chi connectivity index (χ3v) is 4.21. The van der Waals surface area contributed by atoms with E-state index in [1.165, 1.54) is 18.9 Å². The molecule has 8 nitrogen and oxygen atoms in total. The molecule has 0 spiro atoms. The van der Waals surface area contributed by atoms with Crippen LogP contribution in [0, 0.1) is 10.1 Å². The van der Waals surface area contributed by atoms with E-state index in [0.717, 1.165) is 25.9 Å². The average molecular weight is 318 g/mol. The number of nitrogens with zero attached hydrogens (tertiary/aromatic N) is 2. The molecule has 1 saturated heterocycles. The summed E-state index contributed by atoms with van der Waals surface area (Å²) in [4.78, 5) is 40.8. The van der Waals surface area contributed by atoms with Crippen molar-refractivity contribution >= 4 is 16.7 Å². The van der Waals surface area contributed by atoms with Crippen LogP contribution < -0.4 is 11.1 Å². The van der Waals surface area contributed by atoms with Crippen LogP contribution in [0.5, 0.6) is 0 Å². The molecule has 0 bridgehead atoms. The molecule has 0 amide bonds. The summed E-state index contributed by atoms with van der Waals surface area (Å²) in [6, 6.07) is 2.91. The Morgan fingerprint density at radius 2 is 1.57 bits per heavy atom. The van der Waals surface area contributed by atoms with Crippen molar-refractivity contribution < 1.29 is 4.92 Å². The summed E-state index contributed by atoms with van der Waals surface area (Å²) in [5.41, 5.74) is -0.387. The maximum absolute atomic E-state index is 11.5. The summed E-state index contributed by atoms with van der Waals surface area (Å²) < 4.78 is 0. The Balaban J connectivity index is 2.04. The predicted octanol–water partition coefficient (Wildman–Crippen LogP) is 1.50. The first-order valence-electron chi connectivity index (χ1n) is 7.70. The van der Waals surface area contributed by atoms with Crippen molar-refractivity contribution in [1.29, 1.82) is 0 Å². The molecule has 0 aliphatic carbocycles.